The second kappa shape index (κ2) is 26.4. The van der Waals surface area contributed by atoms with Gasteiger partial charge in [0, 0.05) is 31.9 Å². The van der Waals surface area contributed by atoms with E-state index in [1.54, 1.807) is 10.9 Å². The summed E-state index contributed by atoms with van der Waals surface area (Å²) in [5.74, 6) is -0.339. The second-order valence-corrected chi connectivity index (χ2v) is 11.8. The molecule has 0 aliphatic carbocycles. The van der Waals surface area contributed by atoms with Crippen LogP contribution in [0.5, 0.6) is 0 Å². The molecule has 0 radical (unpaired) electrons. The lowest BCUT2D eigenvalue weighted by Crippen LogP contribution is -2.30. The van der Waals surface area contributed by atoms with Crippen molar-refractivity contribution in [2.75, 3.05) is 6.61 Å². The molecule has 1 aromatic heterocycles. The van der Waals surface area contributed by atoms with Gasteiger partial charge in [-0.3, -0.25) is 14.4 Å². The van der Waals surface area contributed by atoms with Crippen molar-refractivity contribution in [2.45, 2.75) is 181 Å². The van der Waals surface area contributed by atoms with Crippen LogP contribution in [0.15, 0.2) is 6.20 Å². The average molecular weight is 592 g/mol. The molecule has 1 aromatic rings. The lowest BCUT2D eigenvalue weighted by molar-refractivity contribution is -0.160. The zero-order chi connectivity index (χ0) is 30.7. The van der Waals surface area contributed by atoms with E-state index in [1.165, 1.54) is 77.0 Å². The molecule has 0 bridgehead atoms. The molecule has 0 saturated carbocycles. The molecular weight excluding hydrogens is 530 g/mol. The molecule has 1 rings (SSSR count). The number of hydrogen-bond acceptors (Lipinski definition) is 7. The summed E-state index contributed by atoms with van der Waals surface area (Å²) in [6, 6.07) is 0. The number of esters is 2. The molecule has 42 heavy (non-hydrogen) atoms. The summed E-state index contributed by atoms with van der Waals surface area (Å²) in [5, 5.41) is 8.29. The first kappa shape index (κ1) is 37.8. The summed E-state index contributed by atoms with van der Waals surface area (Å²) in [7, 11) is 0. The van der Waals surface area contributed by atoms with Gasteiger partial charge in [0.15, 0.2) is 6.10 Å². The first-order valence-corrected chi connectivity index (χ1v) is 17.2. The molecule has 0 amide bonds. The third-order valence-corrected chi connectivity index (χ3v) is 7.73. The van der Waals surface area contributed by atoms with Crippen LogP contribution in [0.2, 0.25) is 0 Å². The maximum Gasteiger partial charge on any atom is 0.306 e. The van der Waals surface area contributed by atoms with Crippen LogP contribution in [0, 0.1) is 0 Å². The standard InChI is InChI=1S/C34H61N3O5/c1-4-7-9-11-13-15-17-19-21-23-33(39)41-29-32(28-37-27-30(35-36-37)25-26-31(38)6-3)42-34(40)24-22-20-18-16-14-12-10-8-5-2/h27,32H,4-26,28-29H2,1-3H3. The fraction of sp³-hybridized carbons (Fsp3) is 0.853. The zero-order valence-electron chi connectivity index (χ0n) is 27.2. The number of ketones is 1. The van der Waals surface area contributed by atoms with Crippen molar-refractivity contribution < 1.29 is 23.9 Å². The molecule has 0 aliphatic heterocycles. The van der Waals surface area contributed by atoms with Gasteiger partial charge in [0.05, 0.1) is 12.2 Å². The Kier molecular flexibility index (Phi) is 23.7. The van der Waals surface area contributed by atoms with E-state index in [9.17, 15) is 14.4 Å². The molecule has 1 unspecified atom stereocenters. The van der Waals surface area contributed by atoms with Crippen LogP contribution in [0.1, 0.15) is 168 Å². The van der Waals surface area contributed by atoms with Crippen molar-refractivity contribution in [1.29, 1.82) is 0 Å². The minimum absolute atomic E-state index is 0.00325. The quantitative estimate of drug-likeness (QED) is 0.0680. The highest BCUT2D eigenvalue weighted by Gasteiger charge is 2.19. The number of carbonyl (C=O) groups excluding carboxylic acids is 3. The first-order valence-electron chi connectivity index (χ1n) is 17.2. The van der Waals surface area contributed by atoms with E-state index in [2.05, 4.69) is 24.2 Å². The number of aryl methyl sites for hydroxylation is 1. The number of rotatable bonds is 29. The van der Waals surface area contributed by atoms with Crippen LogP contribution >= 0.6 is 0 Å². The van der Waals surface area contributed by atoms with Gasteiger partial charge in [-0.25, -0.2) is 4.68 Å². The van der Waals surface area contributed by atoms with Crippen molar-refractivity contribution >= 4 is 17.7 Å². The molecule has 8 nitrogen and oxygen atoms in total. The minimum Gasteiger partial charge on any atom is -0.462 e. The van der Waals surface area contributed by atoms with Gasteiger partial charge in [0.25, 0.3) is 0 Å². The van der Waals surface area contributed by atoms with Gasteiger partial charge in [-0.05, 0) is 19.3 Å². The van der Waals surface area contributed by atoms with Gasteiger partial charge in [-0.2, -0.15) is 0 Å². The molecule has 0 aliphatic rings. The average Bonchev–Trinajstić information content (AvgIpc) is 3.44. The molecule has 8 heteroatoms. The molecule has 0 fully saturated rings. The molecule has 242 valence electrons. The maximum atomic E-state index is 12.6. The van der Waals surface area contributed by atoms with Crippen LogP contribution in [-0.2, 0) is 36.8 Å². The molecule has 0 spiro atoms. The number of Topliss-reactive ketones (excluding diaryl/α,β-unsaturated/α-hetero) is 1. The highest BCUT2D eigenvalue weighted by atomic mass is 16.6. The minimum atomic E-state index is -0.630. The normalized spacial score (nSPS) is 11.9. The van der Waals surface area contributed by atoms with Crippen LogP contribution in [0.3, 0.4) is 0 Å². The Morgan fingerprint density at radius 3 is 1.71 bits per heavy atom. The molecule has 0 aromatic carbocycles. The Labute approximate surface area is 256 Å². The van der Waals surface area contributed by atoms with Crippen LogP contribution in [0.4, 0.5) is 0 Å². The largest absolute Gasteiger partial charge is 0.462 e. The smallest absolute Gasteiger partial charge is 0.306 e. The Morgan fingerprint density at radius 1 is 0.690 bits per heavy atom. The Bertz CT molecular complexity index is 826. The molecule has 1 atom stereocenters. The lowest BCUT2D eigenvalue weighted by Gasteiger charge is -2.18. The summed E-state index contributed by atoms with van der Waals surface area (Å²) in [6.07, 6.45) is 24.7. The van der Waals surface area contributed by atoms with E-state index in [0.717, 1.165) is 44.2 Å². The van der Waals surface area contributed by atoms with Gasteiger partial charge in [0.2, 0.25) is 0 Å². The fourth-order valence-electron chi connectivity index (χ4n) is 4.98. The number of ether oxygens (including phenoxy) is 2. The predicted molar refractivity (Wildman–Crippen MR) is 168 cm³/mol. The Morgan fingerprint density at radius 2 is 1.19 bits per heavy atom. The topological polar surface area (TPSA) is 100 Å². The fourth-order valence-corrected chi connectivity index (χ4v) is 4.98. The van der Waals surface area contributed by atoms with Crippen LogP contribution in [0.25, 0.3) is 0 Å². The van der Waals surface area contributed by atoms with Crippen LogP contribution < -0.4 is 0 Å². The molecule has 1 heterocycles. The van der Waals surface area contributed by atoms with E-state index >= 15 is 0 Å². The molecule has 0 saturated heterocycles. The Hall–Kier alpha value is -2.25. The third kappa shape index (κ3) is 21.5. The predicted octanol–water partition coefficient (Wildman–Crippen LogP) is 8.49. The second-order valence-electron chi connectivity index (χ2n) is 11.8. The summed E-state index contributed by atoms with van der Waals surface area (Å²) < 4.78 is 12.9. The number of nitrogens with zero attached hydrogens (tertiary/aromatic N) is 3. The van der Waals surface area contributed by atoms with Gasteiger partial charge in [-0.15, -0.1) is 5.10 Å². The van der Waals surface area contributed by atoms with E-state index in [1.807, 2.05) is 6.92 Å². The summed E-state index contributed by atoms with van der Waals surface area (Å²) in [5.41, 5.74) is 0.721. The van der Waals surface area contributed by atoms with Gasteiger partial charge >= 0.3 is 11.9 Å². The van der Waals surface area contributed by atoms with Gasteiger partial charge in [-0.1, -0.05) is 129 Å². The maximum absolute atomic E-state index is 12.6. The zero-order valence-corrected chi connectivity index (χ0v) is 27.2. The molecular formula is C34H61N3O5. The van der Waals surface area contributed by atoms with E-state index in [4.69, 9.17) is 9.47 Å². The van der Waals surface area contributed by atoms with Crippen molar-refractivity contribution in [3.8, 4) is 0 Å². The number of hydrogen-bond donors (Lipinski definition) is 0. The summed E-state index contributed by atoms with van der Waals surface area (Å²) in [4.78, 5) is 36.7. The molecule has 0 N–H and O–H groups in total. The van der Waals surface area contributed by atoms with Crippen molar-refractivity contribution in [3.05, 3.63) is 11.9 Å². The van der Waals surface area contributed by atoms with Crippen molar-refractivity contribution in [3.63, 3.8) is 0 Å². The Balaban J connectivity index is 2.43. The van der Waals surface area contributed by atoms with Crippen molar-refractivity contribution in [2.24, 2.45) is 0 Å². The summed E-state index contributed by atoms with van der Waals surface area (Å²) in [6.45, 7) is 6.57. The van der Waals surface area contributed by atoms with E-state index < -0.39 is 6.10 Å². The highest BCUT2D eigenvalue weighted by molar-refractivity contribution is 5.78. The lowest BCUT2D eigenvalue weighted by atomic mass is 10.1. The van der Waals surface area contributed by atoms with E-state index in [-0.39, 0.29) is 30.9 Å². The van der Waals surface area contributed by atoms with E-state index in [0.29, 0.717) is 32.1 Å². The highest BCUT2D eigenvalue weighted by Crippen LogP contribution is 2.13. The third-order valence-electron chi connectivity index (χ3n) is 7.73. The van der Waals surface area contributed by atoms with Gasteiger partial charge < -0.3 is 9.47 Å². The SMILES string of the molecule is CCCCCCCCCCCC(=O)OCC(Cn1cc(CCC(=O)CC)nn1)OC(=O)CCCCCCCCCCC. The summed E-state index contributed by atoms with van der Waals surface area (Å²) >= 11 is 0. The van der Waals surface area contributed by atoms with Crippen molar-refractivity contribution in [1.82, 2.24) is 15.0 Å². The number of unbranched alkanes of at least 4 members (excludes halogenated alkanes) is 16. The van der Waals surface area contributed by atoms with Crippen LogP contribution in [-0.4, -0.2) is 45.4 Å². The number of carbonyl (C=O) groups is 3. The number of aromatic nitrogens is 3. The van der Waals surface area contributed by atoms with Gasteiger partial charge in [0.1, 0.15) is 12.4 Å². The first-order chi connectivity index (χ1) is 20.5. The monoisotopic (exact) mass is 591 g/mol.